The molecule has 1 aliphatic carbocycles. The number of primary amides is 1. The molecule has 0 bridgehead atoms. The van der Waals surface area contributed by atoms with Gasteiger partial charge < -0.3 is 30.5 Å². The maximum atomic E-state index is 13.2. The number of rotatable bonds is 5. The summed E-state index contributed by atoms with van der Waals surface area (Å²) in [7, 11) is 1.52. The SMILES string of the molecule is COC12[C@@H]3N[C@@H]3CN1C1=C(C(=O)C(CCO)=C(C)C1=O)[C@@H]2COC(N)=O. The van der Waals surface area contributed by atoms with Crippen LogP contribution in [0.5, 0.6) is 0 Å². The molecular weight excluding hydrogens is 342 g/mol. The van der Waals surface area contributed by atoms with Gasteiger partial charge in [0.25, 0.3) is 0 Å². The van der Waals surface area contributed by atoms with Crippen molar-refractivity contribution >= 4 is 17.7 Å². The second-order valence-corrected chi connectivity index (χ2v) is 7.00. The Morgan fingerprint density at radius 3 is 2.77 bits per heavy atom. The van der Waals surface area contributed by atoms with Crippen molar-refractivity contribution in [1.82, 2.24) is 10.2 Å². The number of nitrogens with one attached hydrogen (secondary N) is 1. The average Bonchev–Trinajstić information content (AvgIpc) is 3.21. The van der Waals surface area contributed by atoms with Crippen LogP contribution in [-0.4, -0.2) is 72.3 Å². The minimum absolute atomic E-state index is 0.0678. The Balaban J connectivity index is 1.82. The third kappa shape index (κ3) is 1.99. The number of allylic oxidation sites excluding steroid dienone is 1. The van der Waals surface area contributed by atoms with Gasteiger partial charge in [-0.15, -0.1) is 0 Å². The van der Waals surface area contributed by atoms with Crippen molar-refractivity contribution in [1.29, 1.82) is 0 Å². The monoisotopic (exact) mass is 363 g/mol. The zero-order valence-electron chi connectivity index (χ0n) is 14.6. The van der Waals surface area contributed by atoms with Crippen LogP contribution in [0.15, 0.2) is 22.4 Å². The molecule has 3 heterocycles. The van der Waals surface area contributed by atoms with Gasteiger partial charge in [-0.3, -0.25) is 9.59 Å². The molecule has 0 spiro atoms. The fraction of sp³-hybridized carbons (Fsp3) is 0.588. The molecule has 4 N–H and O–H groups in total. The maximum Gasteiger partial charge on any atom is 0.404 e. The Morgan fingerprint density at radius 1 is 1.42 bits per heavy atom. The highest BCUT2D eigenvalue weighted by molar-refractivity contribution is 6.25. The number of hydrogen-bond acceptors (Lipinski definition) is 8. The van der Waals surface area contributed by atoms with E-state index < -0.39 is 17.7 Å². The van der Waals surface area contributed by atoms with E-state index in [0.717, 1.165) is 0 Å². The number of hydrogen-bond donors (Lipinski definition) is 3. The highest BCUT2D eigenvalue weighted by atomic mass is 16.6. The van der Waals surface area contributed by atoms with Crippen LogP contribution < -0.4 is 11.1 Å². The zero-order chi connectivity index (χ0) is 18.8. The largest absolute Gasteiger partial charge is 0.449 e. The molecule has 4 atom stereocenters. The summed E-state index contributed by atoms with van der Waals surface area (Å²) in [4.78, 5) is 39.2. The minimum Gasteiger partial charge on any atom is -0.449 e. The topological polar surface area (TPSA) is 141 Å². The molecule has 2 fully saturated rings. The summed E-state index contributed by atoms with van der Waals surface area (Å²) in [6.45, 7) is 1.74. The molecule has 140 valence electrons. The number of nitrogens with zero attached hydrogens (tertiary/aromatic N) is 1. The van der Waals surface area contributed by atoms with Crippen LogP contribution in [0.1, 0.15) is 13.3 Å². The predicted molar refractivity (Wildman–Crippen MR) is 87.6 cm³/mol. The van der Waals surface area contributed by atoms with Gasteiger partial charge in [-0.05, 0) is 13.3 Å². The van der Waals surface area contributed by atoms with Gasteiger partial charge in [-0.1, -0.05) is 0 Å². The lowest BCUT2D eigenvalue weighted by atomic mass is 9.80. The Labute approximate surface area is 149 Å². The highest BCUT2D eigenvalue weighted by Gasteiger charge is 2.72. The summed E-state index contributed by atoms with van der Waals surface area (Å²) in [5.74, 6) is -1.18. The normalized spacial score (nSPS) is 34.9. The first-order chi connectivity index (χ1) is 12.4. The Bertz CT molecular complexity index is 787. The van der Waals surface area contributed by atoms with Gasteiger partial charge >= 0.3 is 6.09 Å². The number of aliphatic hydroxyl groups is 1. The molecule has 0 aromatic rings. The van der Waals surface area contributed by atoms with Crippen LogP contribution in [-0.2, 0) is 19.1 Å². The number of ketones is 2. The van der Waals surface area contributed by atoms with Crippen molar-refractivity contribution in [2.24, 2.45) is 11.7 Å². The number of fused-ring (bicyclic) bond motifs is 4. The van der Waals surface area contributed by atoms with E-state index in [1.807, 2.05) is 4.90 Å². The predicted octanol–water partition coefficient (Wildman–Crippen LogP) is -1.18. The van der Waals surface area contributed by atoms with E-state index in [0.29, 0.717) is 29.0 Å². The van der Waals surface area contributed by atoms with Crippen LogP contribution in [0.4, 0.5) is 4.79 Å². The molecule has 1 unspecified atom stereocenters. The number of carbonyl (C=O) groups is 3. The minimum atomic E-state index is -0.967. The van der Waals surface area contributed by atoms with Gasteiger partial charge in [-0.2, -0.15) is 0 Å². The molecule has 4 rings (SSSR count). The van der Waals surface area contributed by atoms with E-state index in [4.69, 9.17) is 15.2 Å². The second kappa shape index (κ2) is 5.63. The molecule has 26 heavy (non-hydrogen) atoms. The number of aliphatic hydroxyl groups excluding tert-OH is 1. The summed E-state index contributed by atoms with van der Waals surface area (Å²) >= 11 is 0. The molecule has 1 amide bonds. The van der Waals surface area contributed by atoms with Gasteiger partial charge in [0.05, 0.1) is 17.7 Å². The van der Waals surface area contributed by atoms with Crippen LogP contribution >= 0.6 is 0 Å². The highest BCUT2D eigenvalue weighted by Crippen LogP contribution is 2.55. The van der Waals surface area contributed by atoms with Gasteiger partial charge in [0, 0.05) is 43.0 Å². The number of piperazine rings is 1. The standard InChI is InChI=1S/C17H21N3O6/c1-7-8(3-4-21)14(23)11-9(6-26-16(18)24)17(25-2)15-10(19-15)5-20(17)12(11)13(7)22/h9-10,15,19,21H,3-6H2,1-2H3,(H2,18,24)/t9-,10+,15+,17?/m0/s1. The van der Waals surface area contributed by atoms with Crippen molar-refractivity contribution in [2.45, 2.75) is 31.2 Å². The fourth-order valence-corrected chi connectivity index (χ4v) is 4.75. The zero-order valence-corrected chi connectivity index (χ0v) is 14.6. The summed E-state index contributed by atoms with van der Waals surface area (Å²) in [6.07, 6.45) is -0.854. The van der Waals surface area contributed by atoms with E-state index in [2.05, 4.69) is 5.32 Å². The number of methoxy groups -OCH3 is 1. The summed E-state index contributed by atoms with van der Waals surface area (Å²) in [5, 5.41) is 12.6. The van der Waals surface area contributed by atoms with Gasteiger partial charge in [0.1, 0.15) is 6.61 Å². The van der Waals surface area contributed by atoms with Crippen molar-refractivity contribution in [3.63, 3.8) is 0 Å². The number of nitrogens with two attached hydrogens (primary N) is 1. The fourth-order valence-electron chi connectivity index (χ4n) is 4.75. The van der Waals surface area contributed by atoms with Crippen LogP contribution in [0.25, 0.3) is 0 Å². The Hall–Kier alpha value is -2.23. The van der Waals surface area contributed by atoms with Crippen LogP contribution in [0, 0.1) is 5.92 Å². The molecule has 3 aliphatic heterocycles. The van der Waals surface area contributed by atoms with Crippen molar-refractivity contribution in [3.05, 3.63) is 22.4 Å². The molecule has 9 nitrogen and oxygen atoms in total. The first-order valence-electron chi connectivity index (χ1n) is 8.53. The molecule has 0 saturated carbocycles. The summed E-state index contributed by atoms with van der Waals surface area (Å²) in [5.41, 5.74) is 5.41. The number of Topliss-reactive ketones (excluding diaryl/α,β-unsaturated/α-hetero) is 2. The Kier molecular flexibility index (Phi) is 3.73. The second-order valence-electron chi connectivity index (χ2n) is 7.00. The summed E-state index contributed by atoms with van der Waals surface area (Å²) < 4.78 is 10.9. The lowest BCUT2D eigenvalue weighted by Gasteiger charge is -2.39. The maximum absolute atomic E-state index is 13.2. The first kappa shape index (κ1) is 17.2. The Morgan fingerprint density at radius 2 is 2.15 bits per heavy atom. The van der Waals surface area contributed by atoms with Crippen LogP contribution in [0.3, 0.4) is 0 Å². The van der Waals surface area contributed by atoms with Crippen molar-refractivity contribution < 1.29 is 29.0 Å². The van der Waals surface area contributed by atoms with Gasteiger partial charge in [-0.25, -0.2) is 4.79 Å². The number of amides is 1. The van der Waals surface area contributed by atoms with Crippen molar-refractivity contribution in [2.75, 3.05) is 26.9 Å². The number of carbonyl (C=O) groups excluding carboxylic acids is 3. The van der Waals surface area contributed by atoms with E-state index in [9.17, 15) is 19.5 Å². The smallest absolute Gasteiger partial charge is 0.404 e. The molecule has 0 radical (unpaired) electrons. The molecule has 9 heteroatoms. The molecule has 0 aromatic carbocycles. The van der Waals surface area contributed by atoms with E-state index in [-0.39, 0.29) is 43.3 Å². The van der Waals surface area contributed by atoms with E-state index in [1.165, 1.54) is 7.11 Å². The quantitative estimate of drug-likeness (QED) is 0.409. The third-order valence-corrected chi connectivity index (χ3v) is 5.91. The lowest BCUT2D eigenvalue weighted by molar-refractivity contribution is -0.137. The average molecular weight is 363 g/mol. The van der Waals surface area contributed by atoms with Gasteiger partial charge in [0.2, 0.25) is 5.78 Å². The van der Waals surface area contributed by atoms with E-state index >= 15 is 0 Å². The molecule has 0 aromatic heterocycles. The molecule has 4 aliphatic rings. The third-order valence-electron chi connectivity index (χ3n) is 5.91. The molecular formula is C17H21N3O6. The van der Waals surface area contributed by atoms with Crippen molar-refractivity contribution in [3.8, 4) is 0 Å². The summed E-state index contributed by atoms with van der Waals surface area (Å²) in [6, 6.07) is 0.0906. The van der Waals surface area contributed by atoms with Crippen LogP contribution in [0.2, 0.25) is 0 Å². The molecule has 2 saturated heterocycles. The number of ether oxygens (including phenoxy) is 2. The lowest BCUT2D eigenvalue weighted by Crippen LogP contribution is -2.55. The van der Waals surface area contributed by atoms with E-state index in [1.54, 1.807) is 6.92 Å². The first-order valence-corrected chi connectivity index (χ1v) is 8.53. The van der Waals surface area contributed by atoms with Gasteiger partial charge in [0.15, 0.2) is 11.5 Å².